The summed E-state index contributed by atoms with van der Waals surface area (Å²) < 4.78 is 4.89. The predicted octanol–water partition coefficient (Wildman–Crippen LogP) is 0.874. The van der Waals surface area contributed by atoms with Crippen LogP contribution in [-0.2, 0) is 4.74 Å². The van der Waals surface area contributed by atoms with E-state index in [2.05, 4.69) is 6.92 Å². The highest BCUT2D eigenvalue weighted by atomic mass is 16.5. The lowest BCUT2D eigenvalue weighted by Gasteiger charge is -2.16. The van der Waals surface area contributed by atoms with Gasteiger partial charge in [0.1, 0.15) is 0 Å². The molecule has 0 aliphatic heterocycles. The largest absolute Gasteiger partial charge is 0.387 e. The zero-order chi connectivity index (χ0) is 8.85. The highest BCUT2D eigenvalue weighted by Crippen LogP contribution is 2.07. The summed E-state index contributed by atoms with van der Waals surface area (Å²) in [5.74, 6) is 0.00694. The maximum atomic E-state index is 8.96. The number of ether oxygens (including phenoxy) is 1. The number of aliphatic hydroxyl groups is 1. The Bertz CT molecular complexity index is 123. The average molecular weight is 158 g/mol. The van der Waals surface area contributed by atoms with Crippen molar-refractivity contribution in [2.75, 3.05) is 13.7 Å². The van der Waals surface area contributed by atoms with Gasteiger partial charge in [0.05, 0.1) is 12.7 Å². The minimum Gasteiger partial charge on any atom is -0.387 e. The molecule has 0 bridgehead atoms. The number of methoxy groups -OCH3 is 1. The van der Waals surface area contributed by atoms with Crippen molar-refractivity contribution in [3.63, 3.8) is 0 Å². The highest BCUT2D eigenvalue weighted by molar-refractivity contribution is 5.88. The molecule has 0 aromatic carbocycles. The first-order valence-corrected chi connectivity index (χ1v) is 3.71. The summed E-state index contributed by atoms with van der Waals surface area (Å²) in [5.41, 5.74) is 0.259. The molecule has 0 aliphatic carbocycles. The Morgan fingerprint density at radius 2 is 2.27 bits per heavy atom. The van der Waals surface area contributed by atoms with E-state index in [-0.39, 0.29) is 11.6 Å². The lowest BCUT2D eigenvalue weighted by atomic mass is 9.98. The Kier molecular flexibility index (Phi) is 5.07. The molecule has 0 saturated carbocycles. The molecular weight excluding hydrogens is 142 g/mol. The fourth-order valence-electron chi connectivity index (χ4n) is 0.901. The lowest BCUT2D eigenvalue weighted by molar-refractivity contribution is 0.168. The monoisotopic (exact) mass is 158 g/mol. The first-order valence-electron chi connectivity index (χ1n) is 3.71. The molecule has 0 aromatic rings. The van der Waals surface area contributed by atoms with Crippen molar-refractivity contribution < 1.29 is 9.84 Å². The van der Waals surface area contributed by atoms with E-state index < -0.39 is 6.10 Å². The molecular formula is C8H16NO2. The standard InChI is InChI=1S/C8H16NO2/c1-4-7(5-11-3)8(9)6(2)10/h6-7,9-10H,2,4-5H2,1,3H3. The summed E-state index contributed by atoms with van der Waals surface area (Å²) in [6, 6.07) is 0. The summed E-state index contributed by atoms with van der Waals surface area (Å²) in [7, 11) is 1.59. The number of rotatable bonds is 5. The third-order valence-electron chi connectivity index (χ3n) is 1.66. The van der Waals surface area contributed by atoms with E-state index in [9.17, 15) is 0 Å². The molecule has 0 fully saturated rings. The first-order chi connectivity index (χ1) is 5.13. The SMILES string of the molecule is [CH2]C(O)C(=N)C(CC)COC. The summed E-state index contributed by atoms with van der Waals surface area (Å²) in [6.45, 7) is 5.81. The Morgan fingerprint density at radius 1 is 1.73 bits per heavy atom. The van der Waals surface area contributed by atoms with Crippen LogP contribution < -0.4 is 0 Å². The van der Waals surface area contributed by atoms with Crippen molar-refractivity contribution in [1.82, 2.24) is 0 Å². The van der Waals surface area contributed by atoms with Crippen LogP contribution in [0.15, 0.2) is 0 Å². The second kappa shape index (κ2) is 5.27. The Morgan fingerprint density at radius 3 is 2.55 bits per heavy atom. The number of hydrogen-bond donors (Lipinski definition) is 2. The van der Waals surface area contributed by atoms with Crippen molar-refractivity contribution in [3.8, 4) is 0 Å². The predicted molar refractivity (Wildman–Crippen MR) is 44.7 cm³/mol. The molecule has 0 rings (SSSR count). The van der Waals surface area contributed by atoms with Crippen LogP contribution >= 0.6 is 0 Å². The maximum absolute atomic E-state index is 8.96. The molecule has 11 heavy (non-hydrogen) atoms. The van der Waals surface area contributed by atoms with E-state index in [1.807, 2.05) is 6.92 Å². The van der Waals surface area contributed by atoms with E-state index in [1.165, 1.54) is 0 Å². The summed E-state index contributed by atoms with van der Waals surface area (Å²) >= 11 is 0. The van der Waals surface area contributed by atoms with Crippen LogP contribution in [0.2, 0.25) is 0 Å². The molecule has 0 aromatic heterocycles. The summed E-state index contributed by atoms with van der Waals surface area (Å²) in [4.78, 5) is 0. The first kappa shape index (κ1) is 10.6. The van der Waals surface area contributed by atoms with Crippen molar-refractivity contribution in [2.45, 2.75) is 19.4 Å². The van der Waals surface area contributed by atoms with Crippen LogP contribution in [0, 0.1) is 18.3 Å². The van der Waals surface area contributed by atoms with E-state index in [4.69, 9.17) is 15.3 Å². The number of hydrogen-bond acceptors (Lipinski definition) is 3. The van der Waals surface area contributed by atoms with Gasteiger partial charge in [-0.15, -0.1) is 0 Å². The van der Waals surface area contributed by atoms with Gasteiger partial charge in [-0.1, -0.05) is 6.92 Å². The molecule has 2 atom stereocenters. The van der Waals surface area contributed by atoms with Crippen LogP contribution in [0.4, 0.5) is 0 Å². The van der Waals surface area contributed by atoms with Crippen LogP contribution in [0.5, 0.6) is 0 Å². The van der Waals surface area contributed by atoms with Gasteiger partial charge < -0.3 is 15.3 Å². The van der Waals surface area contributed by atoms with Gasteiger partial charge in [0, 0.05) is 18.7 Å². The quantitative estimate of drug-likeness (QED) is 0.583. The van der Waals surface area contributed by atoms with Crippen LogP contribution in [0.1, 0.15) is 13.3 Å². The Balaban J connectivity index is 3.92. The molecule has 0 spiro atoms. The van der Waals surface area contributed by atoms with Crippen LogP contribution in [0.25, 0.3) is 0 Å². The van der Waals surface area contributed by atoms with Gasteiger partial charge in [0.15, 0.2) is 0 Å². The molecule has 0 amide bonds. The number of nitrogens with one attached hydrogen (secondary N) is 1. The Labute approximate surface area is 67.9 Å². The van der Waals surface area contributed by atoms with Crippen molar-refractivity contribution >= 4 is 5.71 Å². The molecule has 0 aliphatic rings. The molecule has 0 heterocycles. The fraction of sp³-hybridized carbons (Fsp3) is 0.750. The van der Waals surface area contributed by atoms with Gasteiger partial charge >= 0.3 is 0 Å². The van der Waals surface area contributed by atoms with Crippen molar-refractivity contribution in [2.24, 2.45) is 5.92 Å². The zero-order valence-corrected chi connectivity index (χ0v) is 7.13. The van der Waals surface area contributed by atoms with Crippen LogP contribution in [-0.4, -0.2) is 30.6 Å². The van der Waals surface area contributed by atoms with Gasteiger partial charge in [0.25, 0.3) is 0 Å². The summed E-state index contributed by atoms with van der Waals surface area (Å²) in [6.07, 6.45) is -0.0886. The smallest absolute Gasteiger partial charge is 0.0918 e. The molecule has 2 unspecified atom stereocenters. The molecule has 1 radical (unpaired) electrons. The van der Waals surface area contributed by atoms with Gasteiger partial charge in [-0.2, -0.15) is 0 Å². The van der Waals surface area contributed by atoms with E-state index in [0.717, 1.165) is 6.42 Å². The topological polar surface area (TPSA) is 53.3 Å². The third kappa shape index (κ3) is 3.49. The fourth-order valence-corrected chi connectivity index (χ4v) is 0.901. The van der Waals surface area contributed by atoms with E-state index in [0.29, 0.717) is 6.61 Å². The van der Waals surface area contributed by atoms with Gasteiger partial charge in [-0.3, -0.25) is 0 Å². The second-order valence-electron chi connectivity index (χ2n) is 2.53. The van der Waals surface area contributed by atoms with Gasteiger partial charge in [-0.25, -0.2) is 0 Å². The third-order valence-corrected chi connectivity index (χ3v) is 1.66. The molecule has 3 nitrogen and oxygen atoms in total. The minimum atomic E-state index is -0.893. The zero-order valence-electron chi connectivity index (χ0n) is 7.13. The van der Waals surface area contributed by atoms with Crippen molar-refractivity contribution in [1.29, 1.82) is 5.41 Å². The maximum Gasteiger partial charge on any atom is 0.0918 e. The Hall–Kier alpha value is -0.410. The number of aliphatic hydroxyl groups excluding tert-OH is 1. The molecule has 65 valence electrons. The second-order valence-corrected chi connectivity index (χ2v) is 2.53. The summed E-state index contributed by atoms with van der Waals surface area (Å²) in [5, 5.41) is 16.4. The van der Waals surface area contributed by atoms with E-state index >= 15 is 0 Å². The highest BCUT2D eigenvalue weighted by Gasteiger charge is 2.15. The molecule has 0 saturated heterocycles. The van der Waals surface area contributed by atoms with Gasteiger partial charge in [-0.05, 0) is 13.3 Å². The molecule has 3 heteroatoms. The normalized spacial score (nSPS) is 16.0. The molecule has 2 N–H and O–H groups in total. The van der Waals surface area contributed by atoms with E-state index in [1.54, 1.807) is 7.11 Å². The minimum absolute atomic E-state index is 0.00694. The van der Waals surface area contributed by atoms with Gasteiger partial charge in [0.2, 0.25) is 0 Å². The van der Waals surface area contributed by atoms with Crippen molar-refractivity contribution in [3.05, 3.63) is 6.92 Å². The average Bonchev–Trinajstić information content (AvgIpc) is 1.98. The van der Waals surface area contributed by atoms with Crippen LogP contribution in [0.3, 0.4) is 0 Å². The lowest BCUT2D eigenvalue weighted by Crippen LogP contribution is -2.27.